The average Bonchev–Trinajstić information content (AvgIpc) is 2.27. The molecule has 0 saturated carbocycles. The van der Waals surface area contributed by atoms with Crippen molar-refractivity contribution < 1.29 is 9.59 Å². The van der Waals surface area contributed by atoms with Gasteiger partial charge in [-0.2, -0.15) is 0 Å². The van der Waals surface area contributed by atoms with Crippen LogP contribution >= 0.6 is 0 Å². The van der Waals surface area contributed by atoms with Crippen LogP contribution in [0.1, 0.15) is 17.2 Å². The Morgan fingerprint density at radius 3 is 2.56 bits per heavy atom. The summed E-state index contributed by atoms with van der Waals surface area (Å²) in [5, 5.41) is 4.60. The smallest absolute Gasteiger partial charge is 0.321 e. The van der Waals surface area contributed by atoms with E-state index in [1.54, 1.807) is 0 Å². The zero-order valence-electron chi connectivity index (χ0n) is 9.07. The SMILES string of the molecule is Cc1ccc(C(CN)NC(=O)NC=O)cc1. The molecule has 0 spiro atoms. The number of carbonyl (C=O) groups excluding carboxylic acids is 2. The van der Waals surface area contributed by atoms with Gasteiger partial charge < -0.3 is 11.1 Å². The van der Waals surface area contributed by atoms with E-state index in [1.165, 1.54) is 0 Å². The van der Waals surface area contributed by atoms with Crippen LogP contribution in [0.4, 0.5) is 4.79 Å². The lowest BCUT2D eigenvalue weighted by molar-refractivity contribution is -0.108. The Balaban J connectivity index is 2.70. The first-order chi connectivity index (χ1) is 7.67. The number of nitrogens with two attached hydrogens (primary N) is 1. The first kappa shape index (κ1) is 12.2. The van der Waals surface area contributed by atoms with Gasteiger partial charge in [0.1, 0.15) is 0 Å². The summed E-state index contributed by atoms with van der Waals surface area (Å²) in [5.74, 6) is 0. The second-order valence-corrected chi connectivity index (χ2v) is 3.43. The molecule has 1 rings (SSSR count). The molecule has 0 aliphatic rings. The molecule has 5 heteroatoms. The van der Waals surface area contributed by atoms with Gasteiger partial charge in [0.25, 0.3) is 0 Å². The summed E-state index contributed by atoms with van der Waals surface area (Å²) in [5.41, 5.74) is 7.60. The maximum Gasteiger partial charge on any atom is 0.321 e. The second kappa shape index (κ2) is 5.87. The van der Waals surface area contributed by atoms with Gasteiger partial charge in [0.05, 0.1) is 6.04 Å². The quantitative estimate of drug-likeness (QED) is 0.645. The summed E-state index contributed by atoms with van der Waals surface area (Å²) < 4.78 is 0. The number of hydrogen-bond acceptors (Lipinski definition) is 3. The highest BCUT2D eigenvalue weighted by Crippen LogP contribution is 2.12. The van der Waals surface area contributed by atoms with Crippen molar-refractivity contribution in [1.82, 2.24) is 10.6 Å². The van der Waals surface area contributed by atoms with E-state index in [0.717, 1.165) is 11.1 Å². The molecule has 0 aliphatic heterocycles. The third-order valence-electron chi connectivity index (χ3n) is 2.21. The third-order valence-corrected chi connectivity index (χ3v) is 2.21. The lowest BCUT2D eigenvalue weighted by Gasteiger charge is -2.16. The van der Waals surface area contributed by atoms with E-state index in [0.29, 0.717) is 6.41 Å². The molecule has 86 valence electrons. The molecule has 0 bridgehead atoms. The highest BCUT2D eigenvalue weighted by atomic mass is 16.2. The predicted octanol–water partition coefficient (Wildman–Crippen LogP) is 0.450. The number of benzene rings is 1. The molecule has 1 aromatic rings. The van der Waals surface area contributed by atoms with E-state index in [2.05, 4.69) is 5.32 Å². The average molecular weight is 221 g/mol. The molecule has 0 saturated heterocycles. The van der Waals surface area contributed by atoms with E-state index >= 15 is 0 Å². The Labute approximate surface area is 94.0 Å². The summed E-state index contributed by atoms with van der Waals surface area (Å²) in [6.45, 7) is 2.25. The van der Waals surface area contributed by atoms with E-state index in [4.69, 9.17) is 5.73 Å². The fraction of sp³-hybridized carbons (Fsp3) is 0.273. The zero-order valence-corrected chi connectivity index (χ0v) is 9.07. The Morgan fingerprint density at radius 1 is 1.44 bits per heavy atom. The topological polar surface area (TPSA) is 84.2 Å². The van der Waals surface area contributed by atoms with Gasteiger partial charge >= 0.3 is 6.03 Å². The molecule has 3 amide bonds. The normalized spacial score (nSPS) is 11.6. The number of rotatable bonds is 4. The summed E-state index contributed by atoms with van der Waals surface area (Å²) in [4.78, 5) is 21.2. The van der Waals surface area contributed by atoms with Gasteiger partial charge in [-0.05, 0) is 12.5 Å². The fourth-order valence-electron chi connectivity index (χ4n) is 1.33. The number of imide groups is 1. The van der Waals surface area contributed by atoms with Crippen molar-refractivity contribution in [3.63, 3.8) is 0 Å². The minimum absolute atomic E-state index is 0.273. The summed E-state index contributed by atoms with van der Waals surface area (Å²) in [6, 6.07) is 6.84. The zero-order chi connectivity index (χ0) is 12.0. The minimum Gasteiger partial charge on any atom is -0.330 e. The molecule has 0 aliphatic carbocycles. The monoisotopic (exact) mass is 221 g/mol. The van der Waals surface area contributed by atoms with Crippen LogP contribution in [-0.4, -0.2) is 19.0 Å². The van der Waals surface area contributed by atoms with Gasteiger partial charge in [-0.1, -0.05) is 29.8 Å². The second-order valence-electron chi connectivity index (χ2n) is 3.43. The van der Waals surface area contributed by atoms with Crippen molar-refractivity contribution in [1.29, 1.82) is 0 Å². The van der Waals surface area contributed by atoms with E-state index < -0.39 is 6.03 Å². The number of aryl methyl sites for hydroxylation is 1. The lowest BCUT2D eigenvalue weighted by Crippen LogP contribution is -2.39. The minimum atomic E-state index is -0.550. The fourth-order valence-corrected chi connectivity index (χ4v) is 1.33. The highest BCUT2D eigenvalue weighted by Gasteiger charge is 2.11. The number of amides is 3. The van der Waals surface area contributed by atoms with Gasteiger partial charge in [-0.25, -0.2) is 4.79 Å². The molecular weight excluding hydrogens is 206 g/mol. The van der Waals surface area contributed by atoms with Gasteiger partial charge in [-0.15, -0.1) is 0 Å². The standard InChI is InChI=1S/C11H15N3O2/c1-8-2-4-9(5-3-8)10(6-12)14-11(16)13-7-15/h2-5,7,10H,6,12H2,1H3,(H2,13,14,15,16). The molecule has 4 N–H and O–H groups in total. The number of hydrogen-bond donors (Lipinski definition) is 3. The maximum atomic E-state index is 11.1. The van der Waals surface area contributed by atoms with Crippen LogP contribution in [0.15, 0.2) is 24.3 Å². The van der Waals surface area contributed by atoms with Crippen molar-refractivity contribution in [2.24, 2.45) is 5.73 Å². The van der Waals surface area contributed by atoms with Crippen molar-refractivity contribution in [3.8, 4) is 0 Å². The predicted molar refractivity (Wildman–Crippen MR) is 60.7 cm³/mol. The van der Waals surface area contributed by atoms with Crippen LogP contribution in [-0.2, 0) is 4.79 Å². The van der Waals surface area contributed by atoms with E-state index in [-0.39, 0.29) is 12.6 Å². The molecular formula is C11H15N3O2. The Bertz CT molecular complexity index is 362. The van der Waals surface area contributed by atoms with Crippen LogP contribution in [0.5, 0.6) is 0 Å². The van der Waals surface area contributed by atoms with Crippen molar-refractivity contribution in [2.75, 3.05) is 6.54 Å². The van der Waals surface area contributed by atoms with Gasteiger partial charge in [-0.3, -0.25) is 10.1 Å². The number of nitrogens with one attached hydrogen (secondary N) is 2. The Hall–Kier alpha value is -1.88. The Kier molecular flexibility index (Phi) is 4.47. The lowest BCUT2D eigenvalue weighted by atomic mass is 10.1. The van der Waals surface area contributed by atoms with Gasteiger partial charge in [0, 0.05) is 6.54 Å². The number of carbonyl (C=O) groups is 2. The van der Waals surface area contributed by atoms with Crippen LogP contribution in [0.2, 0.25) is 0 Å². The highest BCUT2D eigenvalue weighted by molar-refractivity contribution is 5.84. The van der Waals surface area contributed by atoms with Crippen LogP contribution in [0, 0.1) is 6.92 Å². The molecule has 0 heterocycles. The third kappa shape index (κ3) is 3.36. The molecule has 16 heavy (non-hydrogen) atoms. The summed E-state index contributed by atoms with van der Waals surface area (Å²) >= 11 is 0. The molecule has 1 atom stereocenters. The Morgan fingerprint density at radius 2 is 2.06 bits per heavy atom. The van der Waals surface area contributed by atoms with Gasteiger partial charge in [0.15, 0.2) is 0 Å². The van der Waals surface area contributed by atoms with Crippen molar-refractivity contribution in [3.05, 3.63) is 35.4 Å². The van der Waals surface area contributed by atoms with Crippen molar-refractivity contribution >= 4 is 12.4 Å². The molecule has 1 unspecified atom stereocenters. The molecule has 0 fully saturated rings. The maximum absolute atomic E-state index is 11.1. The van der Waals surface area contributed by atoms with E-state index in [1.807, 2.05) is 36.5 Å². The largest absolute Gasteiger partial charge is 0.330 e. The van der Waals surface area contributed by atoms with Crippen LogP contribution in [0.3, 0.4) is 0 Å². The number of urea groups is 1. The summed E-state index contributed by atoms with van der Waals surface area (Å²) in [6.07, 6.45) is 0.331. The van der Waals surface area contributed by atoms with E-state index in [9.17, 15) is 9.59 Å². The molecule has 0 radical (unpaired) electrons. The first-order valence-corrected chi connectivity index (χ1v) is 4.94. The van der Waals surface area contributed by atoms with Crippen LogP contribution < -0.4 is 16.4 Å². The molecule has 1 aromatic carbocycles. The van der Waals surface area contributed by atoms with Crippen molar-refractivity contribution in [2.45, 2.75) is 13.0 Å². The van der Waals surface area contributed by atoms with Gasteiger partial charge in [0.2, 0.25) is 6.41 Å². The molecule has 5 nitrogen and oxygen atoms in total. The molecule has 0 aromatic heterocycles. The van der Waals surface area contributed by atoms with Crippen LogP contribution in [0.25, 0.3) is 0 Å². The first-order valence-electron chi connectivity index (χ1n) is 4.94. The summed E-state index contributed by atoms with van der Waals surface area (Å²) in [7, 11) is 0.